The topological polar surface area (TPSA) is 94.2 Å². The van der Waals surface area contributed by atoms with Crippen LogP contribution < -0.4 is 19.5 Å². The number of likely N-dealkylation sites (tertiary alicyclic amines) is 1. The molecule has 8 heteroatoms. The average Bonchev–Trinajstić information content (AvgIpc) is 3.00. The first kappa shape index (κ1) is 29.4. The predicted molar refractivity (Wildman–Crippen MR) is 157 cm³/mol. The third-order valence-corrected chi connectivity index (χ3v) is 7.04. The molecular formula is C33H36N2O6. The molecule has 0 atom stereocenters. The lowest BCUT2D eigenvalue weighted by Gasteiger charge is -2.34. The van der Waals surface area contributed by atoms with Crippen molar-refractivity contribution in [1.29, 1.82) is 0 Å². The van der Waals surface area contributed by atoms with Gasteiger partial charge < -0.3 is 24.4 Å². The minimum Gasteiger partial charge on any atom is -0.493 e. The van der Waals surface area contributed by atoms with Crippen molar-refractivity contribution < 1.29 is 28.6 Å². The Morgan fingerprint density at radius 2 is 1.49 bits per heavy atom. The average molecular weight is 557 g/mol. The Hall–Kier alpha value is -4.59. The Labute approximate surface area is 240 Å². The molecule has 1 saturated heterocycles. The number of piperidine rings is 1. The maximum atomic E-state index is 13.1. The summed E-state index contributed by atoms with van der Waals surface area (Å²) in [5.41, 5.74) is 0.867. The van der Waals surface area contributed by atoms with Crippen molar-refractivity contribution >= 4 is 23.7 Å². The smallest absolute Gasteiger partial charge is 0.263 e. The van der Waals surface area contributed by atoms with Gasteiger partial charge in [0.1, 0.15) is 5.75 Å². The van der Waals surface area contributed by atoms with Gasteiger partial charge in [0.2, 0.25) is 5.91 Å². The van der Waals surface area contributed by atoms with Crippen LogP contribution in [0.25, 0.3) is 6.08 Å². The summed E-state index contributed by atoms with van der Waals surface area (Å²) in [5, 5.41) is 3.07. The predicted octanol–water partition coefficient (Wildman–Crippen LogP) is 4.91. The number of ketones is 1. The number of hydrogen-bond donors (Lipinski definition) is 1. The van der Waals surface area contributed by atoms with E-state index >= 15 is 0 Å². The molecule has 0 radical (unpaired) electrons. The number of ether oxygens (including phenoxy) is 3. The highest BCUT2D eigenvalue weighted by Gasteiger charge is 2.33. The number of carbonyl (C=O) groups excluding carboxylic acids is 3. The minimum atomic E-state index is -1.12. The Morgan fingerprint density at radius 3 is 2.12 bits per heavy atom. The van der Waals surface area contributed by atoms with E-state index in [0.29, 0.717) is 54.3 Å². The Morgan fingerprint density at radius 1 is 0.854 bits per heavy atom. The Kier molecular flexibility index (Phi) is 9.45. The molecule has 8 nitrogen and oxygen atoms in total. The minimum absolute atomic E-state index is 0.0601. The second kappa shape index (κ2) is 13.2. The molecule has 214 valence electrons. The van der Waals surface area contributed by atoms with Crippen molar-refractivity contribution in [2.45, 2.75) is 38.3 Å². The number of hydrogen-bond acceptors (Lipinski definition) is 6. The highest BCUT2D eigenvalue weighted by molar-refractivity contribution is 6.09. The molecule has 3 aromatic carbocycles. The van der Waals surface area contributed by atoms with Crippen molar-refractivity contribution in [3.8, 4) is 17.2 Å². The van der Waals surface area contributed by atoms with E-state index in [2.05, 4.69) is 5.32 Å². The van der Waals surface area contributed by atoms with Gasteiger partial charge in [0, 0.05) is 36.3 Å². The summed E-state index contributed by atoms with van der Waals surface area (Å²) in [6, 6.07) is 21.3. The highest BCUT2D eigenvalue weighted by atomic mass is 16.5. The van der Waals surface area contributed by atoms with E-state index in [0.717, 1.165) is 5.56 Å². The fourth-order valence-corrected chi connectivity index (χ4v) is 4.60. The number of rotatable bonds is 10. The molecule has 2 amide bonds. The van der Waals surface area contributed by atoms with Crippen LogP contribution in [0.1, 0.15) is 48.2 Å². The molecule has 0 aromatic heterocycles. The molecule has 3 aromatic rings. The summed E-state index contributed by atoms with van der Waals surface area (Å²) in [4.78, 5) is 40.2. The lowest BCUT2D eigenvalue weighted by molar-refractivity contribution is -0.135. The van der Waals surface area contributed by atoms with Crippen molar-refractivity contribution in [2.24, 2.45) is 0 Å². The van der Waals surface area contributed by atoms with Crippen LogP contribution in [0.5, 0.6) is 17.2 Å². The van der Waals surface area contributed by atoms with Gasteiger partial charge in [0.15, 0.2) is 22.9 Å². The fraction of sp³-hybridized carbons (Fsp3) is 0.303. The molecule has 1 aliphatic heterocycles. The van der Waals surface area contributed by atoms with Crippen molar-refractivity contribution in [2.75, 3.05) is 27.3 Å². The molecule has 1 aliphatic rings. The van der Waals surface area contributed by atoms with Crippen LogP contribution >= 0.6 is 0 Å². The maximum absolute atomic E-state index is 13.1. The van der Waals surface area contributed by atoms with E-state index < -0.39 is 5.60 Å². The van der Waals surface area contributed by atoms with Gasteiger partial charge in [-0.1, -0.05) is 36.4 Å². The normalized spacial score (nSPS) is 14.0. The molecule has 1 N–H and O–H groups in total. The number of benzene rings is 3. The van der Waals surface area contributed by atoms with E-state index in [4.69, 9.17) is 14.2 Å². The molecule has 0 saturated carbocycles. The van der Waals surface area contributed by atoms with E-state index in [1.807, 2.05) is 30.3 Å². The first-order valence-corrected chi connectivity index (χ1v) is 13.6. The maximum Gasteiger partial charge on any atom is 0.263 e. The van der Waals surface area contributed by atoms with Crippen LogP contribution in [0.2, 0.25) is 0 Å². The van der Waals surface area contributed by atoms with Gasteiger partial charge in [-0.15, -0.1) is 0 Å². The molecule has 0 bridgehead atoms. The third kappa shape index (κ3) is 7.54. The van der Waals surface area contributed by atoms with Crippen LogP contribution in [-0.4, -0.2) is 61.4 Å². The second-order valence-corrected chi connectivity index (χ2v) is 10.4. The van der Waals surface area contributed by atoms with Crippen molar-refractivity contribution in [3.05, 3.63) is 95.6 Å². The van der Waals surface area contributed by atoms with Crippen molar-refractivity contribution in [3.63, 3.8) is 0 Å². The van der Waals surface area contributed by atoms with Gasteiger partial charge >= 0.3 is 0 Å². The molecular weight excluding hydrogens is 520 g/mol. The quantitative estimate of drug-likeness (QED) is 0.282. The van der Waals surface area contributed by atoms with Crippen LogP contribution in [0, 0.1) is 0 Å². The molecule has 1 fully saturated rings. The first-order chi connectivity index (χ1) is 19.7. The first-order valence-electron chi connectivity index (χ1n) is 13.6. The molecule has 0 spiro atoms. The SMILES string of the molecule is COc1ccc(/C=C/C(=O)N2CCC(NC(=O)C(C)(C)Oc3ccc(C(=O)c4ccccc4)cc3)CC2)cc1OC. The Balaban J connectivity index is 1.26. The highest BCUT2D eigenvalue weighted by Crippen LogP contribution is 2.28. The fourth-order valence-electron chi connectivity index (χ4n) is 4.60. The number of amides is 2. The molecule has 0 unspecified atom stereocenters. The zero-order valence-electron chi connectivity index (χ0n) is 23.9. The number of carbonyl (C=O) groups is 3. The van der Waals surface area contributed by atoms with Gasteiger partial charge in [-0.05, 0) is 74.7 Å². The lowest BCUT2D eigenvalue weighted by atomic mass is 10.0. The summed E-state index contributed by atoms with van der Waals surface area (Å²) < 4.78 is 16.6. The molecule has 4 rings (SSSR count). The number of methoxy groups -OCH3 is 2. The van der Waals surface area contributed by atoms with Crippen LogP contribution in [0.3, 0.4) is 0 Å². The van der Waals surface area contributed by atoms with Crippen LogP contribution in [0.15, 0.2) is 78.9 Å². The second-order valence-electron chi connectivity index (χ2n) is 10.4. The zero-order valence-corrected chi connectivity index (χ0v) is 23.9. The van der Waals surface area contributed by atoms with Gasteiger partial charge in [0.05, 0.1) is 14.2 Å². The van der Waals surface area contributed by atoms with Gasteiger partial charge in [-0.2, -0.15) is 0 Å². The number of nitrogens with zero attached hydrogens (tertiary/aromatic N) is 1. The van der Waals surface area contributed by atoms with E-state index in [-0.39, 0.29) is 23.6 Å². The summed E-state index contributed by atoms with van der Waals surface area (Å²) in [6.07, 6.45) is 4.60. The largest absolute Gasteiger partial charge is 0.493 e. The van der Waals surface area contributed by atoms with E-state index in [1.165, 1.54) is 0 Å². The summed E-state index contributed by atoms with van der Waals surface area (Å²) >= 11 is 0. The monoisotopic (exact) mass is 556 g/mol. The zero-order chi connectivity index (χ0) is 29.4. The number of nitrogens with one attached hydrogen (secondary N) is 1. The molecule has 41 heavy (non-hydrogen) atoms. The van der Waals surface area contributed by atoms with E-state index in [1.54, 1.807) is 87.6 Å². The van der Waals surface area contributed by atoms with Crippen LogP contribution in [0.4, 0.5) is 0 Å². The van der Waals surface area contributed by atoms with Crippen LogP contribution in [-0.2, 0) is 9.59 Å². The third-order valence-electron chi connectivity index (χ3n) is 7.04. The van der Waals surface area contributed by atoms with Gasteiger partial charge in [0.25, 0.3) is 5.91 Å². The summed E-state index contributed by atoms with van der Waals surface area (Å²) in [7, 11) is 3.15. The summed E-state index contributed by atoms with van der Waals surface area (Å²) in [6.45, 7) is 4.50. The lowest BCUT2D eigenvalue weighted by Crippen LogP contribution is -2.53. The standard InChI is InChI=1S/C33H36N2O6/c1-33(2,41-27-14-12-25(13-15-27)31(37)24-8-6-5-7-9-24)32(38)34-26-18-20-35(21-19-26)30(36)17-11-23-10-16-28(39-3)29(22-23)40-4/h5-17,22,26H,18-21H2,1-4H3,(H,34,38)/b17-11+. The van der Waals surface area contributed by atoms with Gasteiger partial charge in [-0.25, -0.2) is 0 Å². The molecule has 0 aliphatic carbocycles. The van der Waals surface area contributed by atoms with E-state index in [9.17, 15) is 14.4 Å². The molecule has 1 heterocycles. The summed E-state index contributed by atoms with van der Waals surface area (Å²) in [5.74, 6) is 1.33. The van der Waals surface area contributed by atoms with Gasteiger partial charge in [-0.3, -0.25) is 14.4 Å². The Bertz CT molecular complexity index is 1390. The van der Waals surface area contributed by atoms with Crippen molar-refractivity contribution in [1.82, 2.24) is 10.2 Å².